The minimum absolute atomic E-state index is 0.0268. The maximum absolute atomic E-state index is 11.8. The van der Waals surface area contributed by atoms with Gasteiger partial charge in [0, 0.05) is 5.56 Å². The molecule has 0 aliphatic rings. The number of nitrogens with zero attached hydrogens (tertiary/aromatic N) is 1. The van der Waals surface area contributed by atoms with Gasteiger partial charge in [0.15, 0.2) is 0 Å². The van der Waals surface area contributed by atoms with Crippen molar-refractivity contribution in [2.45, 2.75) is 24.9 Å². The molecular weight excluding hydrogens is 440 g/mol. The summed E-state index contributed by atoms with van der Waals surface area (Å²) in [4.78, 5) is 23.6. The van der Waals surface area contributed by atoms with Gasteiger partial charge >= 0.3 is 5.97 Å². The average molecular weight is 461 g/mol. The second-order valence-electron chi connectivity index (χ2n) is 6.67. The van der Waals surface area contributed by atoms with Gasteiger partial charge in [-0.05, 0) is 30.5 Å². The summed E-state index contributed by atoms with van der Waals surface area (Å²) in [6.45, 7) is 7.30. The number of hydrogen-bond acceptors (Lipinski definition) is 6. The van der Waals surface area contributed by atoms with Crippen molar-refractivity contribution < 1.29 is 24.5 Å². The highest BCUT2D eigenvalue weighted by molar-refractivity contribution is 7.21. The zero-order chi connectivity index (χ0) is 23.0. The van der Waals surface area contributed by atoms with Crippen LogP contribution in [-0.4, -0.2) is 34.3 Å². The summed E-state index contributed by atoms with van der Waals surface area (Å²) < 4.78 is 5.86. The first-order valence-corrected chi connectivity index (χ1v) is 10.3. The Hall–Kier alpha value is -3.12. The number of aromatic carboxylic acids is 1. The first kappa shape index (κ1) is 24.2. The third-order valence-corrected chi connectivity index (χ3v) is 5.58. The predicted octanol–water partition coefficient (Wildman–Crippen LogP) is 4.88. The van der Waals surface area contributed by atoms with E-state index in [2.05, 4.69) is 18.5 Å². The van der Waals surface area contributed by atoms with Crippen LogP contribution >= 0.6 is 22.9 Å². The maximum Gasteiger partial charge on any atom is 0.339 e. The molecule has 0 radical (unpaired) electrons. The van der Waals surface area contributed by atoms with E-state index < -0.39 is 23.9 Å². The number of nitrogens with one attached hydrogen (secondary N) is 1. The van der Waals surface area contributed by atoms with Crippen LogP contribution in [0.3, 0.4) is 0 Å². The van der Waals surface area contributed by atoms with Crippen molar-refractivity contribution in [2.24, 2.45) is 0 Å². The standard InChI is InChI=1S/C22H21ClN2O5S/c1-3-10-22(29,11-4-2)13-30-15-7-5-14(6-8-15)17-18(21(27)28)20(31-19(17)23)25-16(26)9-12-24/h3-8,29H,1-2,9-11,13H2,(H,25,26)(H,27,28). The van der Waals surface area contributed by atoms with Crippen LogP contribution in [0.5, 0.6) is 5.75 Å². The van der Waals surface area contributed by atoms with Crippen LogP contribution < -0.4 is 10.1 Å². The van der Waals surface area contributed by atoms with E-state index in [0.717, 1.165) is 11.3 Å². The fourth-order valence-corrected chi connectivity index (χ4v) is 4.26. The van der Waals surface area contributed by atoms with Crippen molar-refractivity contribution in [3.05, 3.63) is 59.5 Å². The Morgan fingerprint density at radius 2 is 1.87 bits per heavy atom. The van der Waals surface area contributed by atoms with E-state index in [1.807, 2.05) is 0 Å². The Kier molecular flexibility index (Phi) is 8.39. The molecule has 1 heterocycles. The molecule has 9 heteroatoms. The molecule has 7 nitrogen and oxygen atoms in total. The number of hydrogen-bond donors (Lipinski definition) is 3. The minimum Gasteiger partial charge on any atom is -0.491 e. The van der Waals surface area contributed by atoms with Crippen molar-refractivity contribution in [2.75, 3.05) is 11.9 Å². The van der Waals surface area contributed by atoms with Gasteiger partial charge in [-0.1, -0.05) is 35.9 Å². The van der Waals surface area contributed by atoms with Crippen LogP contribution in [0.1, 0.15) is 29.6 Å². The number of aliphatic hydroxyl groups is 1. The summed E-state index contributed by atoms with van der Waals surface area (Å²) in [6, 6.07) is 8.23. The van der Waals surface area contributed by atoms with Crippen LogP contribution in [0.4, 0.5) is 5.00 Å². The fourth-order valence-electron chi connectivity index (χ4n) is 2.87. The number of carbonyl (C=O) groups excluding carboxylic acids is 1. The van der Waals surface area contributed by atoms with Crippen molar-refractivity contribution in [1.82, 2.24) is 0 Å². The van der Waals surface area contributed by atoms with Gasteiger partial charge < -0.3 is 20.3 Å². The second-order valence-corrected chi connectivity index (χ2v) is 8.29. The van der Waals surface area contributed by atoms with E-state index in [0.29, 0.717) is 24.2 Å². The smallest absolute Gasteiger partial charge is 0.339 e. The number of amides is 1. The molecule has 1 aromatic carbocycles. The number of carboxylic acid groups (broad SMARTS) is 1. The van der Waals surface area contributed by atoms with E-state index in [-0.39, 0.29) is 27.1 Å². The Morgan fingerprint density at radius 3 is 2.39 bits per heavy atom. The molecule has 3 N–H and O–H groups in total. The summed E-state index contributed by atoms with van der Waals surface area (Å²) in [5.41, 5.74) is -0.500. The molecule has 1 amide bonds. The number of rotatable bonds is 11. The molecule has 0 spiro atoms. The summed E-state index contributed by atoms with van der Waals surface area (Å²) in [7, 11) is 0. The zero-order valence-corrected chi connectivity index (χ0v) is 18.1. The Bertz CT molecular complexity index is 1010. The summed E-state index contributed by atoms with van der Waals surface area (Å²) in [5, 5.41) is 31.3. The van der Waals surface area contributed by atoms with Crippen molar-refractivity contribution in [1.29, 1.82) is 5.26 Å². The van der Waals surface area contributed by atoms with Gasteiger partial charge in [-0.2, -0.15) is 5.26 Å². The number of halogens is 1. The van der Waals surface area contributed by atoms with Gasteiger partial charge in [-0.25, -0.2) is 4.79 Å². The van der Waals surface area contributed by atoms with Crippen molar-refractivity contribution in [3.63, 3.8) is 0 Å². The van der Waals surface area contributed by atoms with Crippen LogP contribution in [0, 0.1) is 11.3 Å². The minimum atomic E-state index is -1.26. The van der Waals surface area contributed by atoms with Crippen LogP contribution in [-0.2, 0) is 4.79 Å². The summed E-state index contributed by atoms with van der Waals surface area (Å²) in [5.74, 6) is -1.41. The second kappa shape index (κ2) is 10.8. The SMILES string of the molecule is C=CCC(O)(CC=C)COc1ccc(-c2c(Cl)sc(NC(=O)CC#N)c2C(=O)O)cc1. The number of carboxylic acids is 1. The van der Waals surface area contributed by atoms with Gasteiger partial charge in [-0.3, -0.25) is 4.79 Å². The van der Waals surface area contributed by atoms with E-state index in [1.54, 1.807) is 42.5 Å². The lowest BCUT2D eigenvalue weighted by atomic mass is 9.97. The lowest BCUT2D eigenvalue weighted by molar-refractivity contribution is -0.115. The molecule has 0 aliphatic carbocycles. The summed E-state index contributed by atoms with van der Waals surface area (Å²) >= 11 is 7.18. The molecule has 162 valence electrons. The van der Waals surface area contributed by atoms with Crippen molar-refractivity contribution >= 4 is 39.8 Å². The molecule has 0 unspecified atom stereocenters. The number of nitriles is 1. The normalized spacial score (nSPS) is 10.7. The molecule has 0 bridgehead atoms. The highest BCUT2D eigenvalue weighted by Gasteiger charge is 2.26. The quantitative estimate of drug-likeness (QED) is 0.411. The number of thiophene rings is 1. The molecular formula is C22H21ClN2O5S. The molecule has 2 aromatic rings. The highest BCUT2D eigenvalue weighted by atomic mass is 35.5. The molecule has 31 heavy (non-hydrogen) atoms. The largest absolute Gasteiger partial charge is 0.491 e. The molecule has 0 saturated heterocycles. The van der Waals surface area contributed by atoms with E-state index in [4.69, 9.17) is 21.6 Å². The van der Waals surface area contributed by atoms with Gasteiger partial charge in [0.1, 0.15) is 39.3 Å². The van der Waals surface area contributed by atoms with E-state index in [1.165, 1.54) is 0 Å². The Labute approximate surface area is 188 Å². The Balaban J connectivity index is 2.28. The first-order valence-electron chi connectivity index (χ1n) is 9.14. The van der Waals surface area contributed by atoms with Gasteiger partial charge in [0.25, 0.3) is 0 Å². The topological polar surface area (TPSA) is 120 Å². The lowest BCUT2D eigenvalue weighted by Crippen LogP contribution is -2.34. The van der Waals surface area contributed by atoms with Gasteiger partial charge in [0.05, 0.1) is 6.07 Å². The molecule has 0 aliphatic heterocycles. The van der Waals surface area contributed by atoms with Crippen LogP contribution in [0.15, 0.2) is 49.6 Å². The predicted molar refractivity (Wildman–Crippen MR) is 121 cm³/mol. The third-order valence-electron chi connectivity index (χ3n) is 4.27. The molecule has 0 saturated carbocycles. The molecule has 2 rings (SSSR count). The molecule has 0 atom stereocenters. The Morgan fingerprint density at radius 1 is 1.26 bits per heavy atom. The average Bonchev–Trinajstić information content (AvgIpc) is 3.03. The van der Waals surface area contributed by atoms with Crippen LogP contribution in [0.25, 0.3) is 11.1 Å². The maximum atomic E-state index is 11.8. The molecule has 0 fully saturated rings. The lowest BCUT2D eigenvalue weighted by Gasteiger charge is -2.25. The molecule has 1 aromatic heterocycles. The number of benzene rings is 1. The first-order chi connectivity index (χ1) is 14.7. The zero-order valence-electron chi connectivity index (χ0n) is 16.6. The van der Waals surface area contributed by atoms with Crippen molar-refractivity contribution in [3.8, 4) is 22.9 Å². The van der Waals surface area contributed by atoms with E-state index >= 15 is 0 Å². The van der Waals surface area contributed by atoms with Gasteiger partial charge in [-0.15, -0.1) is 24.5 Å². The van der Waals surface area contributed by atoms with E-state index in [9.17, 15) is 19.8 Å². The number of anilines is 1. The third kappa shape index (κ3) is 6.18. The monoisotopic (exact) mass is 460 g/mol. The number of carbonyl (C=O) groups is 2. The fraction of sp³-hybridized carbons (Fsp3) is 0.227. The highest BCUT2D eigenvalue weighted by Crippen LogP contribution is 2.44. The van der Waals surface area contributed by atoms with Gasteiger partial charge in [0.2, 0.25) is 5.91 Å². The van der Waals surface area contributed by atoms with Crippen LogP contribution in [0.2, 0.25) is 4.34 Å². The summed E-state index contributed by atoms with van der Waals surface area (Å²) in [6.07, 6.45) is 3.48. The number of ether oxygens (including phenoxy) is 1.